The van der Waals surface area contributed by atoms with Gasteiger partial charge in [-0.15, -0.1) is 0 Å². The zero-order chi connectivity index (χ0) is 14.8. The van der Waals surface area contributed by atoms with Gasteiger partial charge in [0, 0.05) is 18.7 Å². The average Bonchev–Trinajstić information content (AvgIpc) is 2.92. The summed E-state index contributed by atoms with van der Waals surface area (Å²) in [5, 5.41) is 13.6. The first-order chi connectivity index (χ1) is 9.40. The Morgan fingerprint density at radius 2 is 2.05 bits per heavy atom. The number of non-ortho nitro benzene ring substituents is 1. The number of benzene rings is 1. The van der Waals surface area contributed by atoms with Gasteiger partial charge in [0.2, 0.25) is 5.91 Å². The van der Waals surface area contributed by atoms with E-state index in [0.717, 1.165) is 18.4 Å². The molecule has 6 heteroatoms. The fourth-order valence-electron chi connectivity index (χ4n) is 2.24. The number of nitro groups is 1. The third-order valence-corrected chi connectivity index (χ3v) is 3.46. The summed E-state index contributed by atoms with van der Waals surface area (Å²) in [6.45, 7) is 4.35. The first-order valence-corrected chi connectivity index (χ1v) is 6.59. The molecular formula is C14H18N2O4. The van der Waals surface area contributed by atoms with E-state index in [2.05, 4.69) is 5.32 Å². The number of carbonyl (C=O) groups excluding carboxylic acids is 1. The van der Waals surface area contributed by atoms with Crippen molar-refractivity contribution in [3.8, 4) is 0 Å². The largest absolute Gasteiger partial charge is 0.368 e. The van der Waals surface area contributed by atoms with E-state index in [1.54, 1.807) is 12.1 Å². The molecule has 1 aromatic carbocycles. The van der Waals surface area contributed by atoms with Gasteiger partial charge in [0.1, 0.15) is 6.10 Å². The number of nitro benzene ring substituents is 1. The maximum absolute atomic E-state index is 12.1. The van der Waals surface area contributed by atoms with E-state index in [9.17, 15) is 14.9 Å². The van der Waals surface area contributed by atoms with Gasteiger partial charge in [0.05, 0.1) is 10.5 Å². The highest BCUT2D eigenvalue weighted by molar-refractivity contribution is 5.81. The van der Waals surface area contributed by atoms with Crippen molar-refractivity contribution in [3.05, 3.63) is 39.9 Å². The van der Waals surface area contributed by atoms with E-state index in [-0.39, 0.29) is 17.7 Å². The average molecular weight is 278 g/mol. The molecule has 0 saturated carbocycles. The van der Waals surface area contributed by atoms with Crippen molar-refractivity contribution in [1.29, 1.82) is 0 Å². The minimum atomic E-state index is -0.599. The lowest BCUT2D eigenvalue weighted by atomic mass is 9.93. The number of nitrogens with one attached hydrogen (secondary N) is 1. The fourth-order valence-corrected chi connectivity index (χ4v) is 2.24. The van der Waals surface area contributed by atoms with Gasteiger partial charge in [0.25, 0.3) is 5.69 Å². The SMILES string of the molecule is CC(C)(NC(=O)[C@@H]1CCCO1)c1ccc([N+](=O)[O-])cc1. The number of rotatable bonds is 4. The van der Waals surface area contributed by atoms with Crippen LogP contribution >= 0.6 is 0 Å². The van der Waals surface area contributed by atoms with Crippen molar-refractivity contribution in [2.75, 3.05) is 6.61 Å². The third-order valence-electron chi connectivity index (χ3n) is 3.46. The molecule has 0 unspecified atom stereocenters. The zero-order valence-corrected chi connectivity index (χ0v) is 11.6. The Labute approximate surface area is 117 Å². The van der Waals surface area contributed by atoms with Crippen LogP contribution in [0.4, 0.5) is 5.69 Å². The van der Waals surface area contributed by atoms with Gasteiger partial charge in [-0.05, 0) is 44.4 Å². The highest BCUT2D eigenvalue weighted by atomic mass is 16.6. The van der Waals surface area contributed by atoms with Gasteiger partial charge in [-0.25, -0.2) is 0 Å². The fraction of sp³-hybridized carbons (Fsp3) is 0.500. The quantitative estimate of drug-likeness (QED) is 0.675. The van der Waals surface area contributed by atoms with Crippen molar-refractivity contribution >= 4 is 11.6 Å². The summed E-state index contributed by atoms with van der Waals surface area (Å²) in [5.41, 5.74) is 0.252. The highest BCUT2D eigenvalue weighted by Crippen LogP contribution is 2.24. The van der Waals surface area contributed by atoms with E-state index in [1.165, 1.54) is 12.1 Å². The summed E-state index contributed by atoms with van der Waals surface area (Å²) < 4.78 is 5.35. The van der Waals surface area contributed by atoms with Crippen LogP contribution in [-0.4, -0.2) is 23.5 Å². The Morgan fingerprint density at radius 1 is 1.40 bits per heavy atom. The van der Waals surface area contributed by atoms with Crippen LogP contribution in [0.2, 0.25) is 0 Å². The molecule has 1 N–H and O–H groups in total. The molecule has 20 heavy (non-hydrogen) atoms. The van der Waals surface area contributed by atoms with Crippen molar-refractivity contribution < 1.29 is 14.5 Å². The van der Waals surface area contributed by atoms with Crippen molar-refractivity contribution in [1.82, 2.24) is 5.32 Å². The van der Waals surface area contributed by atoms with Crippen LogP contribution in [-0.2, 0) is 15.1 Å². The van der Waals surface area contributed by atoms with Gasteiger partial charge in [-0.3, -0.25) is 14.9 Å². The molecular weight excluding hydrogens is 260 g/mol. The molecule has 1 aliphatic heterocycles. The number of hydrogen-bond acceptors (Lipinski definition) is 4. The summed E-state index contributed by atoms with van der Waals surface area (Å²) in [7, 11) is 0. The normalized spacial score (nSPS) is 18.8. The Kier molecular flexibility index (Phi) is 4.04. The molecule has 108 valence electrons. The lowest BCUT2D eigenvalue weighted by Crippen LogP contribution is -2.45. The maximum Gasteiger partial charge on any atom is 0.269 e. The number of hydrogen-bond donors (Lipinski definition) is 1. The second-order valence-electron chi connectivity index (χ2n) is 5.42. The monoisotopic (exact) mass is 278 g/mol. The molecule has 2 rings (SSSR count). The number of carbonyl (C=O) groups is 1. The molecule has 1 heterocycles. The number of nitrogens with zero attached hydrogens (tertiary/aromatic N) is 1. The molecule has 0 radical (unpaired) electrons. The van der Waals surface area contributed by atoms with Crippen molar-refractivity contribution in [3.63, 3.8) is 0 Å². The molecule has 1 aromatic rings. The maximum atomic E-state index is 12.1. The standard InChI is InChI=1S/C14H18N2O4/c1-14(2,15-13(17)12-4-3-9-20-12)10-5-7-11(8-6-10)16(18)19/h5-8,12H,3-4,9H2,1-2H3,(H,15,17)/t12-/m0/s1. The Morgan fingerprint density at radius 3 is 2.55 bits per heavy atom. The molecule has 0 aromatic heterocycles. The summed E-state index contributed by atoms with van der Waals surface area (Å²) >= 11 is 0. The van der Waals surface area contributed by atoms with Crippen molar-refractivity contribution in [2.45, 2.75) is 38.3 Å². The van der Waals surface area contributed by atoms with Gasteiger partial charge in [-0.1, -0.05) is 0 Å². The smallest absolute Gasteiger partial charge is 0.269 e. The molecule has 1 fully saturated rings. The highest BCUT2D eigenvalue weighted by Gasteiger charge is 2.30. The van der Waals surface area contributed by atoms with E-state index in [4.69, 9.17) is 4.74 Å². The molecule has 1 aliphatic rings. The van der Waals surface area contributed by atoms with Gasteiger partial charge >= 0.3 is 0 Å². The molecule has 0 spiro atoms. The second-order valence-corrected chi connectivity index (χ2v) is 5.42. The first-order valence-electron chi connectivity index (χ1n) is 6.59. The number of amides is 1. The molecule has 1 atom stereocenters. The van der Waals surface area contributed by atoms with Crippen LogP contribution in [0.1, 0.15) is 32.3 Å². The van der Waals surface area contributed by atoms with E-state index >= 15 is 0 Å². The summed E-state index contributed by atoms with van der Waals surface area (Å²) in [4.78, 5) is 22.3. The van der Waals surface area contributed by atoms with E-state index in [1.807, 2.05) is 13.8 Å². The molecule has 1 saturated heterocycles. The molecule has 0 bridgehead atoms. The third kappa shape index (κ3) is 3.14. The Balaban J connectivity index is 2.08. The predicted molar refractivity (Wildman–Crippen MR) is 73.2 cm³/mol. The predicted octanol–water partition coefficient (Wildman–Crippen LogP) is 2.13. The van der Waals surface area contributed by atoms with Crippen LogP contribution < -0.4 is 5.32 Å². The molecule has 6 nitrogen and oxygen atoms in total. The minimum Gasteiger partial charge on any atom is -0.368 e. The van der Waals surface area contributed by atoms with Gasteiger partial charge < -0.3 is 10.1 Å². The summed E-state index contributed by atoms with van der Waals surface area (Å²) in [6, 6.07) is 6.20. The lowest BCUT2D eigenvalue weighted by Gasteiger charge is -2.28. The van der Waals surface area contributed by atoms with E-state index < -0.39 is 10.5 Å². The summed E-state index contributed by atoms with van der Waals surface area (Å²) in [5.74, 6) is -0.133. The summed E-state index contributed by atoms with van der Waals surface area (Å²) in [6.07, 6.45) is 1.26. The number of ether oxygens (including phenoxy) is 1. The second kappa shape index (κ2) is 5.58. The lowest BCUT2D eigenvalue weighted by molar-refractivity contribution is -0.384. The Bertz CT molecular complexity index is 504. The molecule has 0 aliphatic carbocycles. The van der Waals surface area contributed by atoms with Crippen LogP contribution in [0.3, 0.4) is 0 Å². The van der Waals surface area contributed by atoms with Gasteiger partial charge in [0.15, 0.2) is 0 Å². The van der Waals surface area contributed by atoms with Crippen LogP contribution in [0.15, 0.2) is 24.3 Å². The van der Waals surface area contributed by atoms with Gasteiger partial charge in [-0.2, -0.15) is 0 Å². The first kappa shape index (κ1) is 14.5. The molecule has 1 amide bonds. The van der Waals surface area contributed by atoms with E-state index in [0.29, 0.717) is 6.61 Å². The zero-order valence-electron chi connectivity index (χ0n) is 11.6. The van der Waals surface area contributed by atoms with Crippen molar-refractivity contribution in [2.24, 2.45) is 0 Å². The minimum absolute atomic E-state index is 0.0370. The van der Waals surface area contributed by atoms with Crippen LogP contribution in [0, 0.1) is 10.1 Å². The van der Waals surface area contributed by atoms with Crippen LogP contribution in [0.5, 0.6) is 0 Å². The Hall–Kier alpha value is -1.95. The topological polar surface area (TPSA) is 81.5 Å². The van der Waals surface area contributed by atoms with Crippen LogP contribution in [0.25, 0.3) is 0 Å².